The van der Waals surface area contributed by atoms with Crippen LogP contribution in [-0.4, -0.2) is 75.6 Å². The fourth-order valence-electron chi connectivity index (χ4n) is 3.96. The van der Waals surface area contributed by atoms with Gasteiger partial charge in [-0.3, -0.25) is 19.2 Å². The minimum atomic E-state index is -1.30. The third kappa shape index (κ3) is 7.46. The molecule has 200 valence electrons. The normalized spacial score (nSPS) is 23.8. The van der Waals surface area contributed by atoms with Gasteiger partial charge in [-0.1, -0.05) is 35.1 Å². The summed E-state index contributed by atoms with van der Waals surface area (Å²) in [6, 6.07) is 7.58. The van der Waals surface area contributed by atoms with Crippen LogP contribution in [0.25, 0.3) is 10.9 Å². The molecule has 1 saturated heterocycles. The van der Waals surface area contributed by atoms with Crippen molar-refractivity contribution in [3.8, 4) is 0 Å². The van der Waals surface area contributed by atoms with Gasteiger partial charge >= 0.3 is 23.9 Å². The molecule has 2 heterocycles. The molecule has 5 atom stereocenters. The highest BCUT2D eigenvalue weighted by molar-refractivity contribution is 8.14. The van der Waals surface area contributed by atoms with Crippen molar-refractivity contribution in [2.75, 3.05) is 6.61 Å². The Kier molecular flexibility index (Phi) is 9.53. The summed E-state index contributed by atoms with van der Waals surface area (Å²) in [5, 5.41) is 14.3. The largest absolute Gasteiger partial charge is 0.463 e. The number of nitrogens with zero attached hydrogens (tertiary/aromatic N) is 1. The Hall–Kier alpha value is -3.58. The number of para-hydroxylation sites is 1. The molecule has 0 amide bonds. The lowest BCUT2D eigenvalue weighted by Gasteiger charge is -2.44. The van der Waals surface area contributed by atoms with Crippen LogP contribution < -0.4 is 0 Å². The summed E-state index contributed by atoms with van der Waals surface area (Å²) in [6.45, 7) is 4.30. The molecule has 1 aromatic carbocycles. The number of hydrogen-bond donors (Lipinski definition) is 2. The van der Waals surface area contributed by atoms with E-state index >= 15 is 0 Å². The molecular formula is C24H28N2O10S. The van der Waals surface area contributed by atoms with E-state index in [1.807, 2.05) is 24.3 Å². The molecule has 12 nitrogen and oxygen atoms in total. The molecular weight excluding hydrogens is 508 g/mol. The first kappa shape index (κ1) is 28.0. The van der Waals surface area contributed by atoms with Crippen molar-refractivity contribution in [3.63, 3.8) is 0 Å². The summed E-state index contributed by atoms with van der Waals surface area (Å²) in [5.41, 5.74) is 0.644. The number of ether oxygens (including phenoxy) is 5. The minimum Gasteiger partial charge on any atom is -0.463 e. The van der Waals surface area contributed by atoms with Crippen LogP contribution in [0.5, 0.6) is 0 Å². The molecule has 0 spiro atoms. The summed E-state index contributed by atoms with van der Waals surface area (Å²) in [7, 11) is 0. The maximum Gasteiger partial charge on any atom is 0.303 e. The molecule has 3 rings (SSSR count). The zero-order valence-corrected chi connectivity index (χ0v) is 21.5. The highest BCUT2D eigenvalue weighted by atomic mass is 32.2. The van der Waals surface area contributed by atoms with E-state index < -0.39 is 53.7 Å². The van der Waals surface area contributed by atoms with Crippen LogP contribution in [-0.2, 0) is 49.3 Å². The number of aromatic amines is 1. The van der Waals surface area contributed by atoms with Crippen LogP contribution in [0.4, 0.5) is 0 Å². The molecule has 2 N–H and O–H groups in total. The molecule has 0 bridgehead atoms. The number of carbonyl (C=O) groups excluding carboxylic acids is 4. The molecule has 1 aliphatic rings. The summed E-state index contributed by atoms with van der Waals surface area (Å²) in [4.78, 5) is 50.4. The second kappa shape index (κ2) is 12.6. The van der Waals surface area contributed by atoms with Crippen molar-refractivity contribution in [1.29, 1.82) is 0 Å². The molecule has 2 aromatic rings. The molecule has 1 fully saturated rings. The third-order valence-electron chi connectivity index (χ3n) is 5.33. The number of thioether (sulfide) groups is 1. The summed E-state index contributed by atoms with van der Waals surface area (Å²) in [5.74, 6) is -2.78. The SMILES string of the molecule is CC(=O)OC[C@H]1O[C@@H](S/C(Cc2c[nH]c3ccccc23)=N\O)[C@H](OC(C)=O)[C@@H](OC(C)=O)[C@@H]1OC(C)=O. The van der Waals surface area contributed by atoms with Gasteiger partial charge in [-0.05, 0) is 11.6 Å². The van der Waals surface area contributed by atoms with Gasteiger partial charge in [0.1, 0.15) is 23.2 Å². The van der Waals surface area contributed by atoms with Crippen molar-refractivity contribution in [3.05, 3.63) is 36.0 Å². The van der Waals surface area contributed by atoms with E-state index in [9.17, 15) is 24.4 Å². The van der Waals surface area contributed by atoms with E-state index in [0.717, 1.165) is 49.0 Å². The first-order chi connectivity index (χ1) is 17.6. The van der Waals surface area contributed by atoms with Crippen LogP contribution in [0, 0.1) is 0 Å². The lowest BCUT2D eigenvalue weighted by atomic mass is 9.99. The van der Waals surface area contributed by atoms with Gasteiger partial charge in [-0.2, -0.15) is 0 Å². The number of rotatable bonds is 8. The van der Waals surface area contributed by atoms with Crippen LogP contribution in [0.3, 0.4) is 0 Å². The van der Waals surface area contributed by atoms with Gasteiger partial charge in [-0.25, -0.2) is 0 Å². The molecule has 1 aliphatic heterocycles. The molecule has 0 unspecified atom stereocenters. The van der Waals surface area contributed by atoms with E-state index in [1.54, 1.807) is 6.20 Å². The lowest BCUT2D eigenvalue weighted by Crippen LogP contribution is -2.61. The molecule has 0 aliphatic carbocycles. The van der Waals surface area contributed by atoms with Crippen LogP contribution in [0.15, 0.2) is 35.6 Å². The van der Waals surface area contributed by atoms with Gasteiger partial charge in [0, 0.05) is 51.2 Å². The van der Waals surface area contributed by atoms with E-state index in [4.69, 9.17) is 23.7 Å². The van der Waals surface area contributed by atoms with Crippen molar-refractivity contribution in [1.82, 2.24) is 4.98 Å². The smallest absolute Gasteiger partial charge is 0.303 e. The molecule has 37 heavy (non-hydrogen) atoms. The lowest BCUT2D eigenvalue weighted by molar-refractivity contribution is -0.237. The first-order valence-corrected chi connectivity index (χ1v) is 12.2. The van der Waals surface area contributed by atoms with Gasteiger partial charge in [0.25, 0.3) is 0 Å². The average Bonchev–Trinajstić information content (AvgIpc) is 3.23. The summed E-state index contributed by atoms with van der Waals surface area (Å²) >= 11 is 0.927. The number of aromatic nitrogens is 1. The van der Waals surface area contributed by atoms with Crippen molar-refractivity contribution in [2.24, 2.45) is 5.16 Å². The van der Waals surface area contributed by atoms with Crippen molar-refractivity contribution >= 4 is 51.6 Å². The van der Waals surface area contributed by atoms with Crippen LogP contribution >= 0.6 is 11.8 Å². The van der Waals surface area contributed by atoms with Gasteiger partial charge < -0.3 is 33.9 Å². The Labute approximate surface area is 216 Å². The number of esters is 4. The number of fused-ring (bicyclic) bond motifs is 1. The predicted molar refractivity (Wildman–Crippen MR) is 131 cm³/mol. The van der Waals surface area contributed by atoms with Crippen LogP contribution in [0.2, 0.25) is 0 Å². The van der Waals surface area contributed by atoms with E-state index in [0.29, 0.717) is 0 Å². The fraction of sp³-hybridized carbons (Fsp3) is 0.458. The second-order valence-electron chi connectivity index (χ2n) is 8.22. The van der Waals surface area contributed by atoms with Crippen molar-refractivity contribution in [2.45, 2.75) is 64.0 Å². The standard InChI is InChI=1S/C24H28N2O10S/c1-12(27)32-11-19-21(33-13(2)28)22(34-14(3)29)23(35-15(4)30)24(36-19)37-20(26-31)9-16-10-25-18-8-6-5-7-17(16)18/h5-8,10,19,21-25,31H,9,11H2,1-4H3/b26-20-/t19-,21-,22+,23-,24+/m1/s1. The number of nitrogens with one attached hydrogen (secondary N) is 1. The molecule has 13 heteroatoms. The third-order valence-corrected chi connectivity index (χ3v) is 6.44. The predicted octanol–water partition coefficient (Wildman–Crippen LogP) is 2.31. The fourth-order valence-corrected chi connectivity index (χ4v) is 5.06. The second-order valence-corrected chi connectivity index (χ2v) is 9.39. The maximum absolute atomic E-state index is 12.0. The quantitative estimate of drug-likeness (QED) is 0.127. The summed E-state index contributed by atoms with van der Waals surface area (Å²) in [6.07, 6.45) is -2.93. The van der Waals surface area contributed by atoms with Gasteiger partial charge in [-0.15, -0.1) is 0 Å². The highest BCUT2D eigenvalue weighted by Crippen LogP contribution is 2.36. The van der Waals surface area contributed by atoms with E-state index in [-0.39, 0.29) is 18.1 Å². The molecule has 1 aromatic heterocycles. The number of hydrogen-bond acceptors (Lipinski definition) is 12. The monoisotopic (exact) mass is 536 g/mol. The number of carbonyl (C=O) groups is 4. The Bertz CT molecular complexity index is 1180. The van der Waals surface area contributed by atoms with Gasteiger partial charge in [0.05, 0.1) is 0 Å². The Morgan fingerprint density at radius 3 is 2.19 bits per heavy atom. The first-order valence-electron chi connectivity index (χ1n) is 11.3. The highest BCUT2D eigenvalue weighted by Gasteiger charge is 2.52. The van der Waals surface area contributed by atoms with Gasteiger partial charge in [0.2, 0.25) is 0 Å². The Morgan fingerprint density at radius 1 is 0.946 bits per heavy atom. The number of H-pyrrole nitrogens is 1. The van der Waals surface area contributed by atoms with Crippen molar-refractivity contribution < 1.29 is 48.1 Å². The molecule has 0 radical (unpaired) electrons. The summed E-state index contributed by atoms with van der Waals surface area (Å²) < 4.78 is 27.4. The van der Waals surface area contributed by atoms with E-state index in [2.05, 4.69) is 10.1 Å². The minimum absolute atomic E-state index is 0.193. The Morgan fingerprint density at radius 2 is 1.57 bits per heavy atom. The Balaban J connectivity index is 1.94. The number of oxime groups is 1. The van der Waals surface area contributed by atoms with Crippen LogP contribution in [0.1, 0.15) is 33.3 Å². The zero-order valence-electron chi connectivity index (χ0n) is 20.7. The average molecular weight is 537 g/mol. The molecule has 0 saturated carbocycles. The number of benzene rings is 1. The van der Waals surface area contributed by atoms with Gasteiger partial charge in [0.15, 0.2) is 18.3 Å². The van der Waals surface area contributed by atoms with E-state index in [1.165, 1.54) is 6.92 Å². The zero-order chi connectivity index (χ0) is 27.1. The maximum atomic E-state index is 12.0. The topological polar surface area (TPSA) is 163 Å².